The molecule has 2 aliphatic rings. The number of anilines is 6. The summed E-state index contributed by atoms with van der Waals surface area (Å²) < 4.78 is 43.8. The fourth-order valence-electron chi connectivity index (χ4n) is 9.27. The van der Waals surface area contributed by atoms with Gasteiger partial charge in [0.15, 0.2) is 0 Å². The first kappa shape index (κ1) is 28.1. The van der Waals surface area contributed by atoms with Gasteiger partial charge in [0.1, 0.15) is 0 Å². The van der Waals surface area contributed by atoms with Gasteiger partial charge in [-0.1, -0.05) is 164 Å². The molecule has 2 nitrogen and oxygen atoms in total. The molecule has 9 aromatic carbocycles. The van der Waals surface area contributed by atoms with Crippen LogP contribution in [0.3, 0.4) is 0 Å². The number of hydrogen-bond acceptors (Lipinski definition) is 2. The number of fused-ring (bicyclic) bond motifs is 10. The Bertz CT molecular complexity index is 3180. The Morgan fingerprint density at radius 1 is 0.316 bits per heavy atom. The second-order valence-corrected chi connectivity index (χ2v) is 14.5. The van der Waals surface area contributed by atoms with Crippen molar-refractivity contribution in [3.05, 3.63) is 253 Å². The molecule has 0 aromatic heterocycles. The highest BCUT2D eigenvalue weighted by Crippen LogP contribution is 2.64. The van der Waals surface area contributed by atoms with Gasteiger partial charge in [0, 0.05) is 34.0 Å². The van der Waals surface area contributed by atoms with Crippen LogP contribution in [0.1, 0.15) is 29.1 Å². The number of para-hydroxylation sites is 4. The van der Waals surface area contributed by atoms with E-state index in [4.69, 9.17) is 6.85 Å². The summed E-state index contributed by atoms with van der Waals surface area (Å²) in [5.74, 6) is 0. The van der Waals surface area contributed by atoms with Crippen LogP contribution < -0.4 is 9.80 Å². The Hall–Kier alpha value is -7.42. The smallest absolute Gasteiger partial charge is 0.0726 e. The maximum atomic E-state index is 9.10. The molecular weight excluding hydrogens is 689 g/mol. The second-order valence-electron chi connectivity index (χ2n) is 14.5. The molecule has 0 saturated carbocycles. The van der Waals surface area contributed by atoms with Crippen LogP contribution in [0.25, 0.3) is 33.4 Å². The molecule has 11 rings (SSSR count). The molecule has 1 atom stereocenters. The SMILES string of the molecule is [2H]c1c([2H])c([2H])c(N(c2ccccc2)c2ccc3c(c2)C2(c4ccccc4-c4cc(N(c5ccccc5)c5ccccc5-c5ccccc5)ccc42)c2ccccc2-3)c([2H])c1[2H]. The number of hydrogen-bond donors (Lipinski definition) is 0. The molecule has 0 N–H and O–H groups in total. The van der Waals surface area contributed by atoms with Crippen molar-refractivity contribution in [1.29, 1.82) is 0 Å². The predicted octanol–water partition coefficient (Wildman–Crippen LogP) is 14.6. The van der Waals surface area contributed by atoms with E-state index in [1.54, 1.807) is 0 Å². The summed E-state index contributed by atoms with van der Waals surface area (Å²) in [4.78, 5) is 4.16. The zero-order valence-electron chi connectivity index (χ0n) is 35.9. The average molecular weight is 732 g/mol. The molecule has 2 aliphatic carbocycles. The fourth-order valence-corrected chi connectivity index (χ4v) is 9.27. The van der Waals surface area contributed by atoms with E-state index in [0.29, 0.717) is 11.4 Å². The van der Waals surface area contributed by atoms with Gasteiger partial charge in [-0.05, 0) is 117 Å². The van der Waals surface area contributed by atoms with Crippen molar-refractivity contribution in [3.63, 3.8) is 0 Å². The lowest BCUT2D eigenvalue weighted by atomic mass is 9.70. The highest BCUT2D eigenvalue weighted by molar-refractivity contribution is 5.98. The molecule has 0 radical (unpaired) electrons. The summed E-state index contributed by atoms with van der Waals surface area (Å²) in [6.07, 6.45) is 0. The molecule has 1 spiro atoms. The van der Waals surface area contributed by atoms with Gasteiger partial charge in [-0.3, -0.25) is 0 Å². The molecule has 268 valence electrons. The molecule has 0 bridgehead atoms. The Kier molecular flexibility index (Phi) is 6.60. The van der Waals surface area contributed by atoms with E-state index in [1.165, 1.54) is 11.1 Å². The van der Waals surface area contributed by atoms with Gasteiger partial charge in [0.2, 0.25) is 0 Å². The standard InChI is InChI=1S/C55H38N2/c1-5-19-39(20-6-1)45-27-15-18-32-54(45)57(42-25-11-4-12-26-42)43-34-36-52-49(37-43)47-29-14-17-31-51(47)55(52)50-30-16-13-28-46(50)48-35-33-44(38-53(48)55)56(40-21-7-2-8-22-40)41-23-9-3-10-24-41/h1-38H/i2D,7D,8D,21D,22D. The van der Waals surface area contributed by atoms with Crippen LogP contribution in [0.2, 0.25) is 0 Å². The van der Waals surface area contributed by atoms with Gasteiger partial charge in [0.25, 0.3) is 0 Å². The van der Waals surface area contributed by atoms with Crippen molar-refractivity contribution >= 4 is 34.1 Å². The zero-order valence-corrected chi connectivity index (χ0v) is 30.9. The van der Waals surface area contributed by atoms with E-state index >= 15 is 0 Å². The quantitative estimate of drug-likeness (QED) is 0.161. The Morgan fingerprint density at radius 3 is 1.49 bits per heavy atom. The summed E-state index contributed by atoms with van der Waals surface area (Å²) in [6, 6.07) is 68.0. The van der Waals surface area contributed by atoms with Crippen molar-refractivity contribution < 1.29 is 6.85 Å². The molecule has 2 heteroatoms. The van der Waals surface area contributed by atoms with E-state index in [0.717, 1.165) is 61.6 Å². The molecule has 0 saturated heterocycles. The maximum Gasteiger partial charge on any atom is 0.0726 e. The first-order valence-electron chi connectivity index (χ1n) is 21.8. The van der Waals surface area contributed by atoms with E-state index in [1.807, 2.05) is 53.4 Å². The van der Waals surface area contributed by atoms with Crippen molar-refractivity contribution in [3.8, 4) is 33.4 Å². The van der Waals surface area contributed by atoms with Gasteiger partial charge in [-0.25, -0.2) is 0 Å². The van der Waals surface area contributed by atoms with Crippen LogP contribution in [-0.4, -0.2) is 0 Å². The number of rotatable bonds is 7. The average Bonchev–Trinajstić information content (AvgIpc) is 3.79. The van der Waals surface area contributed by atoms with Crippen LogP contribution in [0, 0.1) is 0 Å². The summed E-state index contributed by atoms with van der Waals surface area (Å²) in [5, 5.41) is 0. The van der Waals surface area contributed by atoms with E-state index in [2.05, 4.69) is 157 Å². The Labute approximate surface area is 341 Å². The lowest BCUT2D eigenvalue weighted by molar-refractivity contribution is 0.793. The monoisotopic (exact) mass is 731 g/mol. The molecule has 9 aromatic rings. The molecule has 0 amide bonds. The molecular formula is C55H38N2. The van der Waals surface area contributed by atoms with Gasteiger partial charge < -0.3 is 9.80 Å². The van der Waals surface area contributed by atoms with E-state index < -0.39 is 11.5 Å². The molecule has 0 fully saturated rings. The van der Waals surface area contributed by atoms with Gasteiger partial charge in [-0.2, -0.15) is 0 Å². The van der Waals surface area contributed by atoms with E-state index in [9.17, 15) is 0 Å². The first-order valence-corrected chi connectivity index (χ1v) is 19.3. The summed E-state index contributed by atoms with van der Waals surface area (Å²) in [5.41, 5.74) is 15.2. The highest BCUT2D eigenvalue weighted by Gasteiger charge is 2.52. The topological polar surface area (TPSA) is 6.48 Å². The second kappa shape index (κ2) is 13.4. The predicted molar refractivity (Wildman–Crippen MR) is 238 cm³/mol. The number of benzene rings is 9. The van der Waals surface area contributed by atoms with Crippen molar-refractivity contribution in [2.24, 2.45) is 0 Å². The zero-order chi connectivity index (χ0) is 42.1. The Balaban J connectivity index is 1.16. The van der Waals surface area contributed by atoms with Crippen LogP contribution in [-0.2, 0) is 5.41 Å². The highest BCUT2D eigenvalue weighted by atomic mass is 15.1. The van der Waals surface area contributed by atoms with Crippen LogP contribution in [0.15, 0.2) is 230 Å². The Morgan fingerprint density at radius 2 is 0.807 bits per heavy atom. The normalized spacial score (nSPS) is 15.6. The summed E-state index contributed by atoms with van der Waals surface area (Å²) in [7, 11) is 0. The van der Waals surface area contributed by atoms with Gasteiger partial charge >= 0.3 is 0 Å². The van der Waals surface area contributed by atoms with Gasteiger partial charge in [0.05, 0.1) is 18.0 Å². The molecule has 57 heavy (non-hydrogen) atoms. The van der Waals surface area contributed by atoms with Crippen LogP contribution >= 0.6 is 0 Å². The fraction of sp³-hybridized carbons (Fsp3) is 0.0182. The minimum atomic E-state index is -0.714. The third-order valence-electron chi connectivity index (χ3n) is 11.5. The number of nitrogens with zero attached hydrogens (tertiary/aromatic N) is 2. The summed E-state index contributed by atoms with van der Waals surface area (Å²) in [6.45, 7) is 0. The van der Waals surface area contributed by atoms with Crippen LogP contribution in [0.5, 0.6) is 0 Å². The van der Waals surface area contributed by atoms with Crippen molar-refractivity contribution in [2.75, 3.05) is 9.80 Å². The van der Waals surface area contributed by atoms with Crippen LogP contribution in [0.4, 0.5) is 34.1 Å². The molecule has 0 aliphatic heterocycles. The lowest BCUT2D eigenvalue weighted by Crippen LogP contribution is -2.26. The maximum absolute atomic E-state index is 9.10. The van der Waals surface area contributed by atoms with Crippen molar-refractivity contribution in [2.45, 2.75) is 5.41 Å². The van der Waals surface area contributed by atoms with Crippen molar-refractivity contribution in [1.82, 2.24) is 0 Å². The minimum absolute atomic E-state index is 0.0976. The molecule has 1 unspecified atom stereocenters. The largest absolute Gasteiger partial charge is 0.310 e. The first-order chi connectivity index (χ1) is 30.4. The minimum Gasteiger partial charge on any atom is -0.310 e. The third kappa shape index (κ3) is 5.11. The third-order valence-corrected chi connectivity index (χ3v) is 11.5. The lowest BCUT2D eigenvalue weighted by Gasteiger charge is -2.33. The van der Waals surface area contributed by atoms with Gasteiger partial charge in [-0.15, -0.1) is 0 Å². The van der Waals surface area contributed by atoms with E-state index in [-0.39, 0.29) is 29.9 Å². The molecule has 0 heterocycles. The summed E-state index contributed by atoms with van der Waals surface area (Å²) >= 11 is 0.